The number of hydrogen-bond donors (Lipinski definition) is 0. The molecule has 0 spiro atoms. The number of ketones is 1. The van der Waals surface area contributed by atoms with Crippen LogP contribution in [0.4, 0.5) is 0 Å². The molecule has 0 fully saturated rings. The third kappa shape index (κ3) is 10.0. The third-order valence-electron chi connectivity index (χ3n) is 0.393. The Morgan fingerprint density at radius 2 is 1.88 bits per heavy atom. The quantitative estimate of drug-likeness (QED) is 0.410. The Morgan fingerprint density at radius 3 is 1.88 bits per heavy atom. The maximum atomic E-state index is 9.83. The summed E-state index contributed by atoms with van der Waals surface area (Å²) in [6, 6.07) is 0. The molecule has 4 heteroatoms. The van der Waals surface area contributed by atoms with Gasteiger partial charge in [-0.2, -0.15) is 0 Å². The minimum absolute atomic E-state index is 0. The van der Waals surface area contributed by atoms with Crippen molar-refractivity contribution in [2.24, 2.45) is 0 Å². The van der Waals surface area contributed by atoms with Crippen LogP contribution in [0, 0.1) is 0 Å². The van der Waals surface area contributed by atoms with Crippen LogP contribution in [0.15, 0.2) is 0 Å². The van der Waals surface area contributed by atoms with Gasteiger partial charge in [0.15, 0.2) is 0 Å². The van der Waals surface area contributed by atoms with Gasteiger partial charge >= 0.3 is 58.2 Å². The van der Waals surface area contributed by atoms with Crippen molar-refractivity contribution in [3.63, 3.8) is 0 Å². The number of carboxylic acids is 1. The second kappa shape index (κ2) is 6.07. The first kappa shape index (κ1) is 11.7. The van der Waals surface area contributed by atoms with Crippen LogP contribution < -0.4 is 63.3 Å². The summed E-state index contributed by atoms with van der Waals surface area (Å²) in [5, 5.41) is 9.48. The van der Waals surface area contributed by atoms with Gasteiger partial charge in [0.2, 0.25) is 0 Å². The molecular formula is C4H5O3Rb. The molecule has 0 aliphatic rings. The molecule has 0 amide bonds. The number of Topliss-reactive ketones (excluding diaryl/α,β-unsaturated/α-hetero) is 1. The number of hydrogen-bond acceptors (Lipinski definition) is 3. The summed E-state index contributed by atoms with van der Waals surface area (Å²) < 4.78 is 0. The molecule has 3 nitrogen and oxygen atoms in total. The van der Waals surface area contributed by atoms with E-state index in [0.29, 0.717) is 0 Å². The number of rotatable bonds is 2. The van der Waals surface area contributed by atoms with E-state index in [-0.39, 0.29) is 64.0 Å². The van der Waals surface area contributed by atoms with Crippen LogP contribution in [-0.4, -0.2) is 11.8 Å². The van der Waals surface area contributed by atoms with Gasteiger partial charge in [0.25, 0.3) is 0 Å². The third-order valence-corrected chi connectivity index (χ3v) is 0.393. The zero-order valence-corrected chi connectivity index (χ0v) is 9.85. The van der Waals surface area contributed by atoms with Crippen molar-refractivity contribution in [2.45, 2.75) is 13.3 Å². The van der Waals surface area contributed by atoms with Crippen LogP contribution in [0.2, 0.25) is 0 Å². The maximum absolute atomic E-state index is 9.83. The molecule has 0 radical (unpaired) electrons. The molecule has 0 aromatic rings. The summed E-state index contributed by atoms with van der Waals surface area (Å²) in [7, 11) is 0. The zero-order valence-electron chi connectivity index (χ0n) is 4.93. The van der Waals surface area contributed by atoms with Crippen LogP contribution >= 0.6 is 0 Å². The van der Waals surface area contributed by atoms with Gasteiger partial charge in [-0.15, -0.1) is 0 Å². The Bertz CT molecular complexity index is 87.5. The summed E-state index contributed by atoms with van der Waals surface area (Å²) >= 11 is 0. The summed E-state index contributed by atoms with van der Waals surface area (Å²) in [5.41, 5.74) is 0. The average molecular weight is 187 g/mol. The first-order chi connectivity index (χ1) is 3.13. The topological polar surface area (TPSA) is 57.2 Å². The van der Waals surface area contributed by atoms with Gasteiger partial charge in [0, 0.05) is 12.4 Å². The molecule has 40 valence electrons. The number of aliphatic carboxylic acids is 1. The van der Waals surface area contributed by atoms with E-state index in [1.165, 1.54) is 6.92 Å². The molecule has 8 heavy (non-hydrogen) atoms. The molecular weight excluding hydrogens is 182 g/mol. The molecule has 0 heterocycles. The van der Waals surface area contributed by atoms with Crippen molar-refractivity contribution in [3.8, 4) is 0 Å². The Hall–Kier alpha value is 0.945. The fraction of sp³-hybridized carbons (Fsp3) is 0.500. The monoisotopic (exact) mass is 186 g/mol. The van der Waals surface area contributed by atoms with Gasteiger partial charge in [-0.1, -0.05) is 0 Å². The summed E-state index contributed by atoms with van der Waals surface area (Å²) in [6.45, 7) is 1.20. The van der Waals surface area contributed by atoms with E-state index in [0.717, 1.165) is 0 Å². The number of carbonyl (C=O) groups excluding carboxylic acids is 2. The molecule has 0 aliphatic carbocycles. The largest absolute Gasteiger partial charge is 1.00 e. The summed E-state index contributed by atoms with van der Waals surface area (Å²) in [4.78, 5) is 19.3. The van der Waals surface area contributed by atoms with E-state index in [1.807, 2.05) is 0 Å². The predicted molar refractivity (Wildman–Crippen MR) is 20.3 cm³/mol. The SMILES string of the molecule is CC(=O)CC(=O)[O-].[Rb+]. The first-order valence-electron chi connectivity index (χ1n) is 1.82. The second-order valence-electron chi connectivity index (χ2n) is 1.25. The fourth-order valence-electron chi connectivity index (χ4n) is 0.203. The Labute approximate surface area is 96.2 Å². The van der Waals surface area contributed by atoms with Crippen molar-refractivity contribution >= 4 is 11.8 Å². The van der Waals surface area contributed by atoms with Gasteiger partial charge < -0.3 is 9.90 Å². The molecule has 0 atom stereocenters. The van der Waals surface area contributed by atoms with E-state index >= 15 is 0 Å². The minimum atomic E-state index is -1.31. The first-order valence-corrected chi connectivity index (χ1v) is 1.82. The molecule has 0 N–H and O–H groups in total. The fourth-order valence-corrected chi connectivity index (χ4v) is 0.203. The molecule has 0 aromatic heterocycles. The van der Waals surface area contributed by atoms with E-state index < -0.39 is 12.4 Å². The summed E-state index contributed by atoms with van der Waals surface area (Å²) in [5.74, 6) is -1.69. The van der Waals surface area contributed by atoms with Crippen LogP contribution in [0.25, 0.3) is 0 Å². The van der Waals surface area contributed by atoms with Crippen LogP contribution in [-0.2, 0) is 9.59 Å². The zero-order chi connectivity index (χ0) is 5.86. The average Bonchev–Trinajstić information content (AvgIpc) is 1.27. The van der Waals surface area contributed by atoms with Crippen LogP contribution in [0.1, 0.15) is 13.3 Å². The van der Waals surface area contributed by atoms with Crippen molar-refractivity contribution in [1.82, 2.24) is 0 Å². The summed E-state index contributed by atoms with van der Waals surface area (Å²) in [6.07, 6.45) is -0.472. The van der Waals surface area contributed by atoms with Crippen molar-refractivity contribution < 1.29 is 72.9 Å². The molecule has 0 unspecified atom stereocenters. The minimum Gasteiger partial charge on any atom is -0.550 e. The Kier molecular flexibility index (Phi) is 8.88. The van der Waals surface area contributed by atoms with E-state index in [1.54, 1.807) is 0 Å². The van der Waals surface area contributed by atoms with Gasteiger partial charge in [-0.3, -0.25) is 4.79 Å². The molecule has 0 aliphatic heterocycles. The molecule has 0 saturated carbocycles. The van der Waals surface area contributed by atoms with Gasteiger partial charge in [0.1, 0.15) is 5.78 Å². The van der Waals surface area contributed by atoms with E-state index in [9.17, 15) is 14.7 Å². The van der Waals surface area contributed by atoms with E-state index in [2.05, 4.69) is 0 Å². The van der Waals surface area contributed by atoms with Gasteiger partial charge in [-0.05, 0) is 6.92 Å². The Morgan fingerprint density at radius 1 is 1.50 bits per heavy atom. The normalized spacial score (nSPS) is 7.12. The second-order valence-corrected chi connectivity index (χ2v) is 1.25. The maximum Gasteiger partial charge on any atom is 1.00 e. The molecule has 0 aromatic carbocycles. The predicted octanol–water partition coefficient (Wildman–Crippen LogP) is -4.28. The number of carboxylic acid groups (broad SMARTS) is 1. The number of carbonyl (C=O) groups is 2. The standard InChI is InChI=1S/C4H6O3.Rb/c1-3(5)2-4(6)7;/h2H2,1H3,(H,6,7);/q;+1/p-1. The molecule has 0 rings (SSSR count). The van der Waals surface area contributed by atoms with Gasteiger partial charge in [-0.25, -0.2) is 0 Å². The molecule has 0 saturated heterocycles. The van der Waals surface area contributed by atoms with Crippen molar-refractivity contribution in [1.29, 1.82) is 0 Å². The van der Waals surface area contributed by atoms with Crippen molar-refractivity contribution in [3.05, 3.63) is 0 Å². The van der Waals surface area contributed by atoms with Gasteiger partial charge in [0.05, 0.1) is 0 Å². The van der Waals surface area contributed by atoms with Crippen LogP contribution in [0.3, 0.4) is 0 Å². The molecule has 0 bridgehead atoms. The smallest absolute Gasteiger partial charge is 0.550 e. The Balaban J connectivity index is 0. The van der Waals surface area contributed by atoms with Crippen molar-refractivity contribution in [2.75, 3.05) is 0 Å². The van der Waals surface area contributed by atoms with E-state index in [4.69, 9.17) is 0 Å². The van der Waals surface area contributed by atoms with Crippen LogP contribution in [0.5, 0.6) is 0 Å².